The van der Waals surface area contributed by atoms with E-state index in [4.69, 9.17) is 0 Å². The molecule has 0 N–H and O–H groups in total. The Hall–Kier alpha value is -0.0800. The van der Waals surface area contributed by atoms with Gasteiger partial charge in [0.15, 0.2) is 0 Å². The zero-order valence-corrected chi connectivity index (χ0v) is 8.21. The first-order chi connectivity index (χ1) is 4.83. The molecule has 54 valence electrons. The third-order valence-electron chi connectivity index (χ3n) is 1.15. The lowest BCUT2D eigenvalue weighted by Gasteiger charge is -1.79. The largest absolute Gasteiger partial charge is 0.149 e. The van der Waals surface area contributed by atoms with Gasteiger partial charge in [0.1, 0.15) is 0 Å². The van der Waals surface area contributed by atoms with Crippen LogP contribution in [0, 0.1) is 6.92 Å². The van der Waals surface area contributed by atoms with Crippen LogP contribution in [-0.2, 0) is 0 Å². The fourth-order valence-corrected chi connectivity index (χ4v) is 1.59. The first kappa shape index (κ1) is 8.02. The molecule has 0 spiro atoms. The van der Waals surface area contributed by atoms with Crippen LogP contribution < -0.4 is 0 Å². The van der Waals surface area contributed by atoms with Crippen LogP contribution in [0.5, 0.6) is 0 Å². The van der Waals surface area contributed by atoms with Gasteiger partial charge in [0.2, 0.25) is 0 Å². The van der Waals surface area contributed by atoms with Crippen molar-refractivity contribution in [1.29, 1.82) is 0 Å². The Kier molecular flexibility index (Phi) is 3.16. The highest BCUT2D eigenvalue weighted by Gasteiger charge is 1.88. The van der Waals surface area contributed by atoms with Crippen LogP contribution >= 0.6 is 27.3 Å². The number of hydrogen-bond donors (Lipinski definition) is 0. The van der Waals surface area contributed by atoms with E-state index >= 15 is 0 Å². The zero-order chi connectivity index (χ0) is 7.40. The minimum Gasteiger partial charge on any atom is -0.149 e. The molecule has 0 nitrogen and oxygen atoms in total. The maximum Gasteiger partial charge on any atom is 0.0215 e. The van der Waals surface area contributed by atoms with E-state index in [9.17, 15) is 0 Å². The normalized spacial score (nSPS) is 11.0. The summed E-state index contributed by atoms with van der Waals surface area (Å²) >= 11 is 5.12. The summed E-state index contributed by atoms with van der Waals surface area (Å²) in [5.41, 5.74) is 1.31. The van der Waals surface area contributed by atoms with Gasteiger partial charge in [-0.2, -0.15) is 0 Å². The van der Waals surface area contributed by atoms with Crippen molar-refractivity contribution in [1.82, 2.24) is 0 Å². The van der Waals surface area contributed by atoms with Crippen molar-refractivity contribution in [2.45, 2.75) is 6.92 Å². The van der Waals surface area contributed by atoms with Gasteiger partial charge in [0.25, 0.3) is 0 Å². The Morgan fingerprint density at radius 1 is 1.70 bits per heavy atom. The van der Waals surface area contributed by atoms with Crippen molar-refractivity contribution in [2.24, 2.45) is 0 Å². The van der Waals surface area contributed by atoms with E-state index in [2.05, 4.69) is 46.5 Å². The monoisotopic (exact) mass is 216 g/mol. The number of hydrogen-bond acceptors (Lipinski definition) is 1. The number of aryl methyl sites for hydroxylation is 1. The number of alkyl halides is 1. The number of allylic oxidation sites excluding steroid dienone is 1. The molecule has 0 radical (unpaired) electrons. The van der Waals surface area contributed by atoms with Crippen LogP contribution in [0.1, 0.15) is 10.4 Å². The SMILES string of the molecule is Cc1cc(C=CCBr)cs1. The molecule has 0 aromatic carbocycles. The van der Waals surface area contributed by atoms with Crippen LogP contribution in [-0.4, -0.2) is 5.33 Å². The predicted octanol–water partition coefficient (Wildman–Crippen LogP) is 3.46. The second-order valence-corrected chi connectivity index (χ2v) is 3.81. The summed E-state index contributed by atoms with van der Waals surface area (Å²) in [5, 5.41) is 3.09. The van der Waals surface area contributed by atoms with E-state index in [1.54, 1.807) is 11.3 Å². The molecule has 0 fully saturated rings. The molecule has 0 saturated heterocycles. The molecule has 0 atom stereocenters. The second kappa shape index (κ2) is 3.94. The number of halogens is 1. The number of rotatable bonds is 2. The third kappa shape index (κ3) is 2.27. The predicted molar refractivity (Wildman–Crippen MR) is 51.9 cm³/mol. The van der Waals surface area contributed by atoms with Gasteiger partial charge in [-0.3, -0.25) is 0 Å². The summed E-state index contributed by atoms with van der Waals surface area (Å²) < 4.78 is 0. The maximum atomic E-state index is 3.33. The second-order valence-electron chi connectivity index (χ2n) is 2.05. The number of thiophene rings is 1. The lowest BCUT2D eigenvalue weighted by Crippen LogP contribution is -1.61. The lowest BCUT2D eigenvalue weighted by molar-refractivity contribution is 1.62. The van der Waals surface area contributed by atoms with Crippen molar-refractivity contribution < 1.29 is 0 Å². The molecule has 0 aliphatic rings. The Bertz CT molecular complexity index is 225. The van der Waals surface area contributed by atoms with E-state index in [0.29, 0.717) is 0 Å². The van der Waals surface area contributed by atoms with E-state index in [1.807, 2.05) is 0 Å². The minimum atomic E-state index is 0.932. The highest BCUT2D eigenvalue weighted by molar-refractivity contribution is 9.09. The van der Waals surface area contributed by atoms with Crippen molar-refractivity contribution in [3.05, 3.63) is 28.0 Å². The smallest absolute Gasteiger partial charge is 0.0215 e. The molecule has 1 aromatic rings. The fourth-order valence-electron chi connectivity index (χ4n) is 0.732. The molecule has 0 amide bonds. The Balaban J connectivity index is 2.67. The highest BCUT2D eigenvalue weighted by Crippen LogP contribution is 2.14. The van der Waals surface area contributed by atoms with Gasteiger partial charge in [-0.05, 0) is 23.9 Å². The lowest BCUT2D eigenvalue weighted by atomic mass is 10.3. The Morgan fingerprint density at radius 2 is 2.50 bits per heavy atom. The molecule has 1 rings (SSSR count). The average molecular weight is 217 g/mol. The van der Waals surface area contributed by atoms with Gasteiger partial charge >= 0.3 is 0 Å². The summed E-state index contributed by atoms with van der Waals surface area (Å²) in [6.07, 6.45) is 4.22. The molecule has 0 bridgehead atoms. The van der Waals surface area contributed by atoms with Gasteiger partial charge in [-0.15, -0.1) is 11.3 Å². The highest BCUT2D eigenvalue weighted by atomic mass is 79.9. The summed E-state index contributed by atoms with van der Waals surface area (Å²) in [7, 11) is 0. The van der Waals surface area contributed by atoms with Crippen LogP contribution in [0.4, 0.5) is 0 Å². The van der Waals surface area contributed by atoms with E-state index in [-0.39, 0.29) is 0 Å². The summed E-state index contributed by atoms with van der Waals surface area (Å²) in [5.74, 6) is 0. The Morgan fingerprint density at radius 3 is 3.00 bits per heavy atom. The van der Waals surface area contributed by atoms with Crippen LogP contribution in [0.15, 0.2) is 17.5 Å². The molecule has 1 heterocycles. The van der Waals surface area contributed by atoms with Crippen LogP contribution in [0.3, 0.4) is 0 Å². The molecule has 10 heavy (non-hydrogen) atoms. The van der Waals surface area contributed by atoms with Crippen molar-refractivity contribution >= 4 is 33.3 Å². The zero-order valence-electron chi connectivity index (χ0n) is 5.80. The Labute approximate surface area is 73.7 Å². The molecular weight excluding hydrogens is 208 g/mol. The van der Waals surface area contributed by atoms with Gasteiger partial charge in [-0.1, -0.05) is 28.1 Å². The van der Waals surface area contributed by atoms with Gasteiger partial charge in [0.05, 0.1) is 0 Å². The van der Waals surface area contributed by atoms with Gasteiger partial charge in [0, 0.05) is 10.2 Å². The van der Waals surface area contributed by atoms with E-state index in [1.165, 1.54) is 10.4 Å². The van der Waals surface area contributed by atoms with Gasteiger partial charge in [-0.25, -0.2) is 0 Å². The topological polar surface area (TPSA) is 0 Å². The van der Waals surface area contributed by atoms with E-state index in [0.717, 1.165) is 5.33 Å². The summed E-state index contributed by atoms with van der Waals surface area (Å²) in [6.45, 7) is 2.12. The molecule has 0 saturated carbocycles. The quantitative estimate of drug-likeness (QED) is 0.665. The van der Waals surface area contributed by atoms with Crippen molar-refractivity contribution in [2.75, 3.05) is 5.33 Å². The molecule has 0 aliphatic carbocycles. The first-order valence-electron chi connectivity index (χ1n) is 3.10. The van der Waals surface area contributed by atoms with Crippen molar-refractivity contribution in [3.8, 4) is 0 Å². The first-order valence-corrected chi connectivity index (χ1v) is 5.10. The molecule has 1 aromatic heterocycles. The molecule has 0 aliphatic heterocycles. The maximum absolute atomic E-state index is 3.33. The molecule has 0 unspecified atom stereocenters. The fraction of sp³-hybridized carbons (Fsp3) is 0.250. The minimum absolute atomic E-state index is 0.932. The van der Waals surface area contributed by atoms with Crippen LogP contribution in [0.2, 0.25) is 0 Å². The molecule has 2 heteroatoms. The van der Waals surface area contributed by atoms with E-state index < -0.39 is 0 Å². The molecular formula is C8H9BrS. The van der Waals surface area contributed by atoms with Crippen molar-refractivity contribution in [3.63, 3.8) is 0 Å². The van der Waals surface area contributed by atoms with Gasteiger partial charge < -0.3 is 0 Å². The average Bonchev–Trinajstić information content (AvgIpc) is 2.31. The van der Waals surface area contributed by atoms with Crippen LogP contribution in [0.25, 0.3) is 6.08 Å². The third-order valence-corrected chi connectivity index (χ3v) is 2.40. The summed E-state index contributed by atoms with van der Waals surface area (Å²) in [4.78, 5) is 1.37. The summed E-state index contributed by atoms with van der Waals surface area (Å²) in [6, 6.07) is 2.18. The standard InChI is InChI=1S/C8H9BrS/c1-7-5-8(6-10-7)3-2-4-9/h2-3,5-6H,4H2,1H3.